The van der Waals surface area contributed by atoms with Crippen molar-refractivity contribution in [3.05, 3.63) is 0 Å². The Morgan fingerprint density at radius 2 is 2.17 bits per heavy atom. The summed E-state index contributed by atoms with van der Waals surface area (Å²) in [5, 5.41) is 13.4. The van der Waals surface area contributed by atoms with Crippen LogP contribution in [0.15, 0.2) is 0 Å². The topological polar surface area (TPSA) is 61.8 Å². The zero-order valence-electron chi connectivity index (χ0n) is 12.1. The van der Waals surface area contributed by atoms with Gasteiger partial charge >= 0.3 is 6.09 Å². The van der Waals surface area contributed by atoms with Gasteiger partial charge in [-0.2, -0.15) is 0 Å². The van der Waals surface area contributed by atoms with E-state index in [1.807, 2.05) is 27.7 Å². The summed E-state index contributed by atoms with van der Waals surface area (Å²) in [6, 6.07) is -0.0512. The fraction of sp³-hybridized carbons (Fsp3) is 0.923. The summed E-state index contributed by atoms with van der Waals surface area (Å²) in [6.07, 6.45) is 0.958. The van der Waals surface area contributed by atoms with Crippen LogP contribution in [-0.2, 0) is 4.74 Å². The van der Waals surface area contributed by atoms with Gasteiger partial charge in [-0.1, -0.05) is 0 Å². The van der Waals surface area contributed by atoms with Crippen LogP contribution in [0.1, 0.15) is 40.5 Å². The van der Waals surface area contributed by atoms with Gasteiger partial charge in [-0.25, -0.2) is 4.79 Å². The van der Waals surface area contributed by atoms with Crippen LogP contribution in [0.3, 0.4) is 0 Å². The number of hydrogen-bond donors (Lipinski definition) is 2. The smallest absolute Gasteiger partial charge is 0.410 e. The van der Waals surface area contributed by atoms with E-state index in [4.69, 9.17) is 4.74 Å². The van der Waals surface area contributed by atoms with E-state index in [0.29, 0.717) is 13.0 Å². The standard InChI is InChI=1S/C13H26N2O3/c1-10(8-13(17)6-7-14-9-13)15(5)11(16)18-12(2,3)4/h10,14,17H,6-9H2,1-5H3. The molecule has 1 aliphatic rings. The van der Waals surface area contributed by atoms with E-state index in [0.717, 1.165) is 13.0 Å². The third-order valence-corrected chi connectivity index (χ3v) is 3.24. The molecule has 0 saturated carbocycles. The van der Waals surface area contributed by atoms with Crippen LogP contribution in [0.5, 0.6) is 0 Å². The second kappa shape index (κ2) is 5.45. The first kappa shape index (κ1) is 15.2. The summed E-state index contributed by atoms with van der Waals surface area (Å²) < 4.78 is 5.31. The molecule has 0 aromatic carbocycles. The molecule has 2 N–H and O–H groups in total. The molecule has 2 atom stereocenters. The number of nitrogens with zero attached hydrogens (tertiary/aromatic N) is 1. The molecule has 18 heavy (non-hydrogen) atoms. The number of ether oxygens (including phenoxy) is 1. The van der Waals surface area contributed by atoms with E-state index < -0.39 is 11.2 Å². The van der Waals surface area contributed by atoms with Crippen molar-refractivity contribution >= 4 is 6.09 Å². The van der Waals surface area contributed by atoms with E-state index in [1.165, 1.54) is 0 Å². The van der Waals surface area contributed by atoms with Gasteiger partial charge in [0.2, 0.25) is 0 Å². The lowest BCUT2D eigenvalue weighted by atomic mass is 9.94. The zero-order chi connectivity index (χ0) is 14.0. The summed E-state index contributed by atoms with van der Waals surface area (Å²) in [6.45, 7) is 8.90. The lowest BCUT2D eigenvalue weighted by Gasteiger charge is -2.32. The number of amides is 1. The van der Waals surface area contributed by atoms with Gasteiger partial charge in [0.25, 0.3) is 0 Å². The number of carbonyl (C=O) groups excluding carboxylic acids is 1. The Hall–Kier alpha value is -0.810. The maximum Gasteiger partial charge on any atom is 0.410 e. The first-order chi connectivity index (χ1) is 8.13. The Bertz CT molecular complexity index is 293. The molecule has 1 saturated heterocycles. The van der Waals surface area contributed by atoms with Crippen molar-refractivity contribution in [2.75, 3.05) is 20.1 Å². The summed E-state index contributed by atoms with van der Waals surface area (Å²) >= 11 is 0. The molecule has 0 aromatic heterocycles. The van der Waals surface area contributed by atoms with Gasteiger partial charge in [0.15, 0.2) is 0 Å². The van der Waals surface area contributed by atoms with Crippen LogP contribution in [0.4, 0.5) is 4.79 Å². The molecule has 1 aliphatic heterocycles. The second-order valence-corrected chi connectivity index (χ2v) is 6.30. The van der Waals surface area contributed by atoms with Crippen molar-refractivity contribution in [3.63, 3.8) is 0 Å². The Balaban J connectivity index is 2.50. The maximum absolute atomic E-state index is 11.9. The van der Waals surface area contributed by atoms with Crippen LogP contribution >= 0.6 is 0 Å². The molecule has 2 unspecified atom stereocenters. The van der Waals surface area contributed by atoms with E-state index >= 15 is 0 Å². The third-order valence-electron chi connectivity index (χ3n) is 3.24. The normalized spacial score (nSPS) is 25.9. The SMILES string of the molecule is CC(CC1(O)CCNC1)N(C)C(=O)OC(C)(C)C. The van der Waals surface area contributed by atoms with Crippen LogP contribution < -0.4 is 5.32 Å². The molecular formula is C13H26N2O3. The van der Waals surface area contributed by atoms with E-state index in [-0.39, 0.29) is 12.1 Å². The van der Waals surface area contributed by atoms with Crippen LogP contribution in [-0.4, -0.2) is 53.5 Å². The van der Waals surface area contributed by atoms with E-state index in [9.17, 15) is 9.90 Å². The predicted molar refractivity (Wildman–Crippen MR) is 70.5 cm³/mol. The molecule has 1 fully saturated rings. The minimum absolute atomic E-state index is 0.0512. The Morgan fingerprint density at radius 1 is 1.56 bits per heavy atom. The molecule has 1 amide bonds. The first-order valence-electron chi connectivity index (χ1n) is 6.52. The van der Waals surface area contributed by atoms with Crippen LogP contribution in [0.25, 0.3) is 0 Å². The van der Waals surface area contributed by atoms with Crippen molar-refractivity contribution in [2.24, 2.45) is 0 Å². The molecular weight excluding hydrogens is 232 g/mol. The highest BCUT2D eigenvalue weighted by Crippen LogP contribution is 2.23. The minimum Gasteiger partial charge on any atom is -0.444 e. The highest BCUT2D eigenvalue weighted by molar-refractivity contribution is 5.68. The van der Waals surface area contributed by atoms with E-state index in [2.05, 4.69) is 5.32 Å². The molecule has 0 spiro atoms. The van der Waals surface area contributed by atoms with Crippen molar-refractivity contribution < 1.29 is 14.6 Å². The number of hydrogen-bond acceptors (Lipinski definition) is 4. The maximum atomic E-state index is 11.9. The summed E-state index contributed by atoms with van der Waals surface area (Å²) in [7, 11) is 1.71. The van der Waals surface area contributed by atoms with Gasteiger partial charge in [-0.15, -0.1) is 0 Å². The molecule has 0 radical (unpaired) electrons. The average Bonchev–Trinajstić information content (AvgIpc) is 2.60. The highest BCUT2D eigenvalue weighted by Gasteiger charge is 2.35. The number of aliphatic hydroxyl groups is 1. The predicted octanol–water partition coefficient (Wildman–Crippen LogP) is 1.36. The summed E-state index contributed by atoms with van der Waals surface area (Å²) in [5.41, 5.74) is -1.19. The third kappa shape index (κ3) is 4.46. The van der Waals surface area contributed by atoms with Crippen molar-refractivity contribution in [1.29, 1.82) is 0 Å². The second-order valence-electron chi connectivity index (χ2n) is 6.30. The lowest BCUT2D eigenvalue weighted by Crippen LogP contribution is -2.44. The Labute approximate surface area is 109 Å². The number of rotatable bonds is 3. The molecule has 106 valence electrons. The molecule has 0 bridgehead atoms. The van der Waals surface area contributed by atoms with Crippen molar-refractivity contribution in [1.82, 2.24) is 10.2 Å². The fourth-order valence-electron chi connectivity index (χ4n) is 2.11. The average molecular weight is 258 g/mol. The monoisotopic (exact) mass is 258 g/mol. The molecule has 0 aromatic rings. The van der Waals surface area contributed by atoms with E-state index in [1.54, 1.807) is 11.9 Å². The van der Waals surface area contributed by atoms with Crippen molar-refractivity contribution in [3.8, 4) is 0 Å². The summed E-state index contributed by atoms with van der Waals surface area (Å²) in [5.74, 6) is 0. The van der Waals surface area contributed by atoms with Gasteiger partial charge in [0, 0.05) is 19.6 Å². The zero-order valence-corrected chi connectivity index (χ0v) is 12.1. The first-order valence-corrected chi connectivity index (χ1v) is 6.52. The molecule has 5 nitrogen and oxygen atoms in total. The van der Waals surface area contributed by atoms with Gasteiger partial charge in [0.1, 0.15) is 5.60 Å². The quantitative estimate of drug-likeness (QED) is 0.802. The Kier molecular flexibility index (Phi) is 4.61. The molecule has 1 heterocycles. The largest absolute Gasteiger partial charge is 0.444 e. The van der Waals surface area contributed by atoms with Gasteiger partial charge in [-0.3, -0.25) is 0 Å². The fourth-order valence-corrected chi connectivity index (χ4v) is 2.11. The lowest BCUT2D eigenvalue weighted by molar-refractivity contribution is 0.00285. The van der Waals surface area contributed by atoms with Gasteiger partial charge in [-0.05, 0) is 47.1 Å². The van der Waals surface area contributed by atoms with Crippen LogP contribution in [0, 0.1) is 0 Å². The highest BCUT2D eigenvalue weighted by atomic mass is 16.6. The minimum atomic E-state index is -0.699. The Morgan fingerprint density at radius 3 is 2.61 bits per heavy atom. The number of carbonyl (C=O) groups is 1. The van der Waals surface area contributed by atoms with Crippen LogP contribution in [0.2, 0.25) is 0 Å². The number of nitrogens with one attached hydrogen (secondary N) is 1. The number of β-amino-alcohol motifs (C(OH)–C–C–N with tert-alkyl or cyclic N) is 1. The van der Waals surface area contributed by atoms with Gasteiger partial charge in [0.05, 0.1) is 5.60 Å². The molecule has 0 aliphatic carbocycles. The van der Waals surface area contributed by atoms with Gasteiger partial charge < -0.3 is 20.1 Å². The molecule has 1 rings (SSSR count). The summed E-state index contributed by atoms with van der Waals surface area (Å²) in [4.78, 5) is 13.4. The molecule has 5 heteroatoms. The van der Waals surface area contributed by atoms with Crippen molar-refractivity contribution in [2.45, 2.75) is 57.8 Å².